The van der Waals surface area contributed by atoms with Gasteiger partial charge in [-0.1, -0.05) is 5.11 Å². The number of alkyl halides is 1. The highest BCUT2D eigenvalue weighted by Crippen LogP contribution is 2.46. The summed E-state index contributed by atoms with van der Waals surface area (Å²) < 4.78 is 20.3. The molecule has 2 aliphatic rings. The molecule has 0 aliphatic carbocycles. The maximum absolute atomic E-state index is 12.0. The highest BCUT2D eigenvalue weighted by Gasteiger charge is 2.61. The third kappa shape index (κ3) is 6.60. The number of nitrogens with zero attached hydrogens (tertiary/aromatic N) is 4. The Labute approximate surface area is 207 Å². The Hall–Kier alpha value is -1.92. The molecule has 0 saturated carbocycles. The first-order valence-electron chi connectivity index (χ1n) is 11.0. The summed E-state index contributed by atoms with van der Waals surface area (Å²) in [6.07, 6.45) is -1.06. The number of hydrogen-bond donors (Lipinski definition) is 0. The Morgan fingerprint density at radius 2 is 1.62 bits per heavy atom. The predicted octanol–water partition coefficient (Wildman–Crippen LogP) is 3.51. The van der Waals surface area contributed by atoms with Crippen LogP contribution < -0.4 is 0 Å². The largest absolute Gasteiger partial charge is 0.463 e. The maximum atomic E-state index is 12.0. The lowest BCUT2D eigenvalue weighted by Gasteiger charge is -2.56. The van der Waals surface area contributed by atoms with Crippen molar-refractivity contribution in [1.82, 2.24) is 5.06 Å². The second-order valence-electron chi connectivity index (χ2n) is 9.71. The zero-order valence-electron chi connectivity index (χ0n) is 20.6. The number of piperidine rings is 1. The van der Waals surface area contributed by atoms with Crippen molar-refractivity contribution in [2.45, 2.75) is 108 Å². The van der Waals surface area contributed by atoms with E-state index in [1.165, 1.54) is 20.8 Å². The van der Waals surface area contributed by atoms with E-state index in [4.69, 9.17) is 23.8 Å². The Morgan fingerprint density at radius 1 is 1.06 bits per heavy atom. The van der Waals surface area contributed by atoms with E-state index in [1.54, 1.807) is 5.06 Å². The number of carbonyl (C=O) groups is 3. The molecular weight excluding hydrogens is 516 g/mol. The summed E-state index contributed by atoms with van der Waals surface area (Å²) in [6, 6.07) is -1.26. The molecule has 192 valence electrons. The zero-order chi connectivity index (χ0) is 25.9. The number of carbonyl (C=O) groups excluding carboxylic acids is 3. The molecule has 13 heteroatoms. The van der Waals surface area contributed by atoms with E-state index in [0.717, 1.165) is 19.3 Å². The minimum Gasteiger partial charge on any atom is -0.463 e. The van der Waals surface area contributed by atoms with Crippen LogP contribution in [-0.4, -0.2) is 69.7 Å². The average molecular weight is 549 g/mol. The van der Waals surface area contributed by atoms with Crippen molar-refractivity contribution >= 4 is 33.8 Å². The third-order valence-corrected chi connectivity index (χ3v) is 6.57. The lowest BCUT2D eigenvalue weighted by molar-refractivity contribution is -0.406. The van der Waals surface area contributed by atoms with E-state index < -0.39 is 58.0 Å². The fraction of sp³-hybridized carbons (Fsp3) is 0.857. The molecular formula is C21H33BrN4O8. The second-order valence-corrected chi connectivity index (χ2v) is 10.8. The van der Waals surface area contributed by atoms with Crippen molar-refractivity contribution in [2.75, 3.05) is 6.61 Å². The van der Waals surface area contributed by atoms with Crippen LogP contribution in [0, 0.1) is 0 Å². The van der Waals surface area contributed by atoms with Crippen molar-refractivity contribution in [3.63, 3.8) is 0 Å². The molecule has 12 nitrogen and oxygen atoms in total. The van der Waals surface area contributed by atoms with Gasteiger partial charge in [0.05, 0.1) is 0 Å². The summed E-state index contributed by atoms with van der Waals surface area (Å²) in [6.45, 7) is 11.3. The first-order chi connectivity index (χ1) is 15.6. The van der Waals surface area contributed by atoms with E-state index >= 15 is 0 Å². The quantitative estimate of drug-likeness (QED) is 0.116. The standard InChI is InChI=1S/C21H33BrN4O8/c1-12(27)30-11-15-17(31-13(2)28)16(24-25-23)18(32-14(3)29)21(22,33-15)34-26-19(4,5)9-8-10-20(26,6)7/h15-18H,8-11H2,1-7H3/t15-,16+,17+,18-,21-/m1/s1. The highest BCUT2D eigenvalue weighted by molar-refractivity contribution is 9.10. The van der Waals surface area contributed by atoms with Crippen LogP contribution in [-0.2, 0) is 38.2 Å². The summed E-state index contributed by atoms with van der Waals surface area (Å²) in [5.74, 6) is -1.98. The molecule has 2 aliphatic heterocycles. The summed E-state index contributed by atoms with van der Waals surface area (Å²) in [5, 5.41) is 5.54. The van der Waals surface area contributed by atoms with Gasteiger partial charge in [-0.3, -0.25) is 14.4 Å². The molecule has 0 bridgehead atoms. The van der Waals surface area contributed by atoms with E-state index in [1.807, 2.05) is 27.7 Å². The molecule has 2 saturated heterocycles. The molecule has 0 spiro atoms. The van der Waals surface area contributed by atoms with Gasteiger partial charge in [0, 0.05) is 36.8 Å². The Morgan fingerprint density at radius 3 is 2.09 bits per heavy atom. The van der Waals surface area contributed by atoms with Gasteiger partial charge in [0.15, 0.2) is 6.10 Å². The van der Waals surface area contributed by atoms with Crippen LogP contribution in [0.5, 0.6) is 0 Å². The van der Waals surface area contributed by atoms with E-state index in [9.17, 15) is 19.9 Å². The van der Waals surface area contributed by atoms with Gasteiger partial charge in [-0.25, -0.2) is 4.84 Å². The lowest BCUT2D eigenvalue weighted by Crippen LogP contribution is -2.69. The van der Waals surface area contributed by atoms with Crippen molar-refractivity contribution in [1.29, 1.82) is 0 Å². The van der Waals surface area contributed by atoms with Gasteiger partial charge in [-0.05, 0) is 68.4 Å². The minimum absolute atomic E-state index is 0.332. The van der Waals surface area contributed by atoms with Gasteiger partial charge >= 0.3 is 17.9 Å². The SMILES string of the molecule is CC(=O)OC[C@H]1O[C@@](Br)(ON2C(C)(C)CCCC2(C)C)[C@H](OC(C)=O)[C@@H](N=[N+]=[N-])[C@H]1OC(C)=O. The van der Waals surface area contributed by atoms with Crippen molar-refractivity contribution in [3.8, 4) is 0 Å². The number of halogens is 1. The fourth-order valence-electron chi connectivity index (χ4n) is 4.53. The number of ether oxygens (including phenoxy) is 4. The van der Waals surface area contributed by atoms with Gasteiger partial charge in [0.1, 0.15) is 24.9 Å². The van der Waals surface area contributed by atoms with E-state index in [-0.39, 0.29) is 6.61 Å². The second kappa shape index (κ2) is 10.8. The number of rotatable bonds is 7. The van der Waals surface area contributed by atoms with Crippen molar-refractivity contribution in [3.05, 3.63) is 10.4 Å². The summed E-state index contributed by atoms with van der Waals surface area (Å²) in [4.78, 5) is 44.7. The molecule has 5 atom stereocenters. The number of hydroxylamine groups is 2. The molecule has 0 unspecified atom stereocenters. The highest BCUT2D eigenvalue weighted by atomic mass is 79.9. The number of esters is 3. The van der Waals surface area contributed by atoms with Crippen molar-refractivity contribution in [2.24, 2.45) is 5.11 Å². The van der Waals surface area contributed by atoms with Gasteiger partial charge in [0.2, 0.25) is 0 Å². The Kier molecular flexibility index (Phi) is 8.98. The van der Waals surface area contributed by atoms with E-state index in [2.05, 4.69) is 26.0 Å². The molecule has 0 radical (unpaired) electrons. The van der Waals surface area contributed by atoms with Crippen molar-refractivity contribution < 1.29 is 38.2 Å². The van der Waals surface area contributed by atoms with Crippen LogP contribution in [0.25, 0.3) is 10.4 Å². The molecule has 0 N–H and O–H groups in total. The Bertz CT molecular complexity index is 831. The molecule has 0 amide bonds. The van der Waals surface area contributed by atoms with Gasteiger partial charge in [-0.2, -0.15) is 5.06 Å². The Balaban J connectivity index is 2.58. The summed E-state index contributed by atoms with van der Waals surface area (Å²) in [5.41, 5.74) is 8.41. The molecule has 0 aromatic heterocycles. The maximum Gasteiger partial charge on any atom is 0.303 e. The monoisotopic (exact) mass is 548 g/mol. The van der Waals surface area contributed by atoms with Crippen LogP contribution in [0.3, 0.4) is 0 Å². The van der Waals surface area contributed by atoms with Crippen LogP contribution in [0.4, 0.5) is 0 Å². The van der Waals surface area contributed by atoms with Crippen LogP contribution in [0.15, 0.2) is 5.11 Å². The van der Waals surface area contributed by atoms with Gasteiger partial charge in [0.25, 0.3) is 4.70 Å². The molecule has 0 aromatic carbocycles. The fourth-order valence-corrected chi connectivity index (χ4v) is 5.28. The normalized spacial score (nSPS) is 32.7. The summed E-state index contributed by atoms with van der Waals surface area (Å²) in [7, 11) is 0. The predicted molar refractivity (Wildman–Crippen MR) is 122 cm³/mol. The zero-order valence-corrected chi connectivity index (χ0v) is 22.2. The number of azide groups is 1. The summed E-state index contributed by atoms with van der Waals surface area (Å²) >= 11 is 3.45. The lowest BCUT2D eigenvalue weighted by atomic mass is 9.82. The molecule has 0 aromatic rings. The van der Waals surface area contributed by atoms with Gasteiger partial charge < -0.3 is 18.9 Å². The van der Waals surface area contributed by atoms with Crippen LogP contribution >= 0.6 is 15.9 Å². The smallest absolute Gasteiger partial charge is 0.303 e. The van der Waals surface area contributed by atoms with Gasteiger partial charge in [-0.15, -0.1) is 0 Å². The molecule has 2 rings (SSSR count). The average Bonchev–Trinajstić information content (AvgIpc) is 2.68. The third-order valence-electron chi connectivity index (χ3n) is 5.79. The minimum atomic E-state index is -1.86. The molecule has 34 heavy (non-hydrogen) atoms. The van der Waals surface area contributed by atoms with E-state index in [0.29, 0.717) is 0 Å². The van der Waals surface area contributed by atoms with Crippen LogP contribution in [0.1, 0.15) is 67.7 Å². The first-order valence-corrected chi connectivity index (χ1v) is 11.8. The first kappa shape index (κ1) is 28.3. The number of hydrogen-bond acceptors (Lipinski definition) is 10. The van der Waals surface area contributed by atoms with Crippen LogP contribution in [0.2, 0.25) is 0 Å². The topological polar surface area (TPSA) is 149 Å². The molecule has 2 heterocycles. The molecule has 2 fully saturated rings.